The van der Waals surface area contributed by atoms with Crippen LogP contribution in [0, 0.1) is 6.92 Å². The number of hydrogen-bond acceptors (Lipinski definition) is 4. The number of para-hydroxylation sites is 1. The van der Waals surface area contributed by atoms with Gasteiger partial charge in [0, 0.05) is 5.69 Å². The molecule has 0 aromatic heterocycles. The molecule has 1 N–H and O–H groups in total. The van der Waals surface area contributed by atoms with E-state index in [-0.39, 0.29) is 12.2 Å². The summed E-state index contributed by atoms with van der Waals surface area (Å²) < 4.78 is 27.6. The molecule has 31 heavy (non-hydrogen) atoms. The number of rotatable bonds is 8. The van der Waals surface area contributed by atoms with Crippen LogP contribution in [0.3, 0.4) is 0 Å². The maximum absolute atomic E-state index is 14.6. The number of benzene rings is 2. The van der Waals surface area contributed by atoms with Crippen LogP contribution in [-0.4, -0.2) is 12.2 Å². The molecule has 4 nitrogen and oxygen atoms in total. The molecule has 2 saturated carbocycles. The van der Waals surface area contributed by atoms with E-state index < -0.39 is 13.4 Å². The van der Waals surface area contributed by atoms with Crippen LogP contribution < -0.4 is 5.32 Å². The summed E-state index contributed by atoms with van der Waals surface area (Å²) in [5, 5.41) is 3.52. The van der Waals surface area contributed by atoms with E-state index in [0.717, 1.165) is 62.6 Å². The molecule has 0 radical (unpaired) electrons. The number of anilines is 1. The predicted octanol–water partition coefficient (Wildman–Crippen LogP) is 8.00. The summed E-state index contributed by atoms with van der Waals surface area (Å²) in [5.41, 5.74) is 3.05. The highest BCUT2D eigenvalue weighted by molar-refractivity contribution is 7.54. The van der Waals surface area contributed by atoms with Crippen molar-refractivity contribution in [3.63, 3.8) is 0 Å². The smallest absolute Gasteiger partial charge is 0.357 e. The summed E-state index contributed by atoms with van der Waals surface area (Å²) in [5.74, 6) is -0.528. The van der Waals surface area contributed by atoms with Crippen molar-refractivity contribution in [2.75, 3.05) is 5.32 Å². The Labute approximate surface area is 187 Å². The highest BCUT2D eigenvalue weighted by Gasteiger charge is 2.42. The van der Waals surface area contributed by atoms with E-state index in [4.69, 9.17) is 9.05 Å². The van der Waals surface area contributed by atoms with Gasteiger partial charge in [0.05, 0.1) is 12.2 Å². The average molecular weight is 442 g/mol. The first-order valence-corrected chi connectivity index (χ1v) is 13.6. The molecule has 1 atom stereocenters. The van der Waals surface area contributed by atoms with Crippen molar-refractivity contribution in [3.05, 3.63) is 65.7 Å². The fraction of sp³-hybridized carbons (Fsp3) is 0.538. The van der Waals surface area contributed by atoms with Crippen molar-refractivity contribution in [3.8, 4) is 0 Å². The van der Waals surface area contributed by atoms with Crippen molar-refractivity contribution in [2.45, 2.75) is 89.1 Å². The lowest BCUT2D eigenvalue weighted by molar-refractivity contribution is 0.0758. The molecular formula is C26H36NO3P. The third-order valence-electron chi connectivity index (χ3n) is 6.48. The van der Waals surface area contributed by atoms with E-state index in [0.29, 0.717) is 0 Å². The van der Waals surface area contributed by atoms with E-state index >= 15 is 0 Å². The van der Waals surface area contributed by atoms with Crippen LogP contribution in [-0.2, 0) is 13.6 Å². The summed E-state index contributed by atoms with van der Waals surface area (Å²) in [6.45, 7) is 2.07. The molecule has 0 saturated heterocycles. The van der Waals surface area contributed by atoms with Gasteiger partial charge in [0.1, 0.15) is 0 Å². The second-order valence-electron chi connectivity index (χ2n) is 9.09. The summed E-state index contributed by atoms with van der Waals surface area (Å²) >= 11 is 0. The Morgan fingerprint density at radius 2 is 1.29 bits per heavy atom. The molecular weight excluding hydrogens is 405 g/mol. The van der Waals surface area contributed by atoms with Crippen LogP contribution in [0.2, 0.25) is 0 Å². The van der Waals surface area contributed by atoms with Gasteiger partial charge in [-0.3, -0.25) is 4.57 Å². The van der Waals surface area contributed by atoms with Crippen molar-refractivity contribution in [1.29, 1.82) is 0 Å². The Morgan fingerprint density at radius 1 is 0.774 bits per heavy atom. The second-order valence-corrected chi connectivity index (χ2v) is 11.1. The minimum Gasteiger partial charge on any atom is -0.368 e. The van der Waals surface area contributed by atoms with Gasteiger partial charge in [-0.2, -0.15) is 0 Å². The van der Waals surface area contributed by atoms with E-state index in [2.05, 4.69) is 36.5 Å². The van der Waals surface area contributed by atoms with E-state index in [1.807, 2.05) is 30.3 Å². The van der Waals surface area contributed by atoms with Crippen LogP contribution in [0.15, 0.2) is 54.6 Å². The maximum atomic E-state index is 14.6. The summed E-state index contributed by atoms with van der Waals surface area (Å²) in [7, 11) is -3.48. The molecule has 2 aromatic rings. The zero-order valence-electron chi connectivity index (χ0n) is 18.7. The van der Waals surface area contributed by atoms with Crippen LogP contribution in [0.4, 0.5) is 5.69 Å². The normalized spacial score (nSPS) is 19.8. The Hall–Kier alpha value is -1.61. The topological polar surface area (TPSA) is 47.6 Å². The third kappa shape index (κ3) is 6.22. The number of hydrogen-bond donors (Lipinski definition) is 1. The standard InChI is InChI=1S/C26H36NO3P/c1-21-17-19-22(20-18-21)26(27-23-11-5-2-6-12-23)31(28,29-24-13-7-3-8-14-24)30-25-15-9-4-10-16-25/h2,5-6,11-12,17-20,24-27H,3-4,7-10,13-16H2,1H3. The van der Waals surface area contributed by atoms with Crippen molar-refractivity contribution < 1.29 is 13.6 Å². The first-order valence-electron chi connectivity index (χ1n) is 12.0. The zero-order chi connectivity index (χ0) is 21.5. The molecule has 0 heterocycles. The molecule has 0 amide bonds. The van der Waals surface area contributed by atoms with E-state index in [1.54, 1.807) is 0 Å². The van der Waals surface area contributed by atoms with Crippen LogP contribution >= 0.6 is 7.60 Å². The molecule has 1 unspecified atom stereocenters. The largest absolute Gasteiger partial charge is 0.368 e. The second kappa shape index (κ2) is 10.8. The van der Waals surface area contributed by atoms with Gasteiger partial charge < -0.3 is 14.4 Å². The number of aryl methyl sites for hydroxylation is 1. The molecule has 2 fully saturated rings. The molecule has 168 valence electrons. The molecule has 0 aliphatic heterocycles. The highest BCUT2D eigenvalue weighted by Crippen LogP contribution is 2.63. The number of nitrogens with one attached hydrogen (secondary N) is 1. The summed E-state index contributed by atoms with van der Waals surface area (Å²) in [4.78, 5) is 0. The molecule has 0 spiro atoms. The zero-order valence-corrected chi connectivity index (χ0v) is 19.6. The summed E-state index contributed by atoms with van der Waals surface area (Å²) in [6, 6.07) is 18.2. The SMILES string of the molecule is Cc1ccc(C(Nc2ccccc2)P(=O)(OC2CCCCC2)OC2CCCCC2)cc1. The predicted molar refractivity (Wildman–Crippen MR) is 128 cm³/mol. The average Bonchev–Trinajstić information content (AvgIpc) is 2.80. The van der Waals surface area contributed by atoms with Gasteiger partial charge in [0.2, 0.25) is 0 Å². The molecule has 4 rings (SSSR count). The Morgan fingerprint density at radius 3 is 1.81 bits per heavy atom. The highest BCUT2D eigenvalue weighted by atomic mass is 31.2. The molecule has 2 aliphatic rings. The Balaban J connectivity index is 1.67. The third-order valence-corrected chi connectivity index (χ3v) is 8.73. The molecule has 5 heteroatoms. The first kappa shape index (κ1) is 22.6. The summed E-state index contributed by atoms with van der Waals surface area (Å²) in [6.07, 6.45) is 10.9. The molecule has 2 aromatic carbocycles. The van der Waals surface area contributed by atoms with Crippen molar-refractivity contribution >= 4 is 13.3 Å². The lowest BCUT2D eigenvalue weighted by Gasteiger charge is -2.36. The monoisotopic (exact) mass is 441 g/mol. The van der Waals surface area contributed by atoms with Gasteiger partial charge in [-0.05, 0) is 50.3 Å². The van der Waals surface area contributed by atoms with Crippen molar-refractivity contribution in [1.82, 2.24) is 0 Å². The quantitative estimate of drug-likeness (QED) is 0.422. The van der Waals surface area contributed by atoms with E-state index in [9.17, 15) is 4.57 Å². The van der Waals surface area contributed by atoms with Crippen LogP contribution in [0.5, 0.6) is 0 Å². The van der Waals surface area contributed by atoms with Gasteiger partial charge in [-0.15, -0.1) is 0 Å². The fourth-order valence-corrected chi connectivity index (χ4v) is 7.08. The van der Waals surface area contributed by atoms with Crippen LogP contribution in [0.25, 0.3) is 0 Å². The van der Waals surface area contributed by atoms with E-state index in [1.165, 1.54) is 18.4 Å². The first-order chi connectivity index (χ1) is 15.1. The van der Waals surface area contributed by atoms with Crippen molar-refractivity contribution in [2.24, 2.45) is 0 Å². The van der Waals surface area contributed by atoms with Gasteiger partial charge in [0.25, 0.3) is 0 Å². The maximum Gasteiger partial charge on any atom is 0.357 e. The minimum atomic E-state index is -3.48. The minimum absolute atomic E-state index is 0.00805. The molecule has 0 bridgehead atoms. The Kier molecular flexibility index (Phi) is 7.87. The van der Waals surface area contributed by atoms with Crippen LogP contribution in [0.1, 0.15) is 81.1 Å². The molecule has 2 aliphatic carbocycles. The van der Waals surface area contributed by atoms with Gasteiger partial charge >= 0.3 is 7.60 Å². The Bertz CT molecular complexity index is 819. The van der Waals surface area contributed by atoms with Gasteiger partial charge in [0.15, 0.2) is 5.78 Å². The van der Waals surface area contributed by atoms with Gasteiger partial charge in [-0.1, -0.05) is 86.6 Å². The van der Waals surface area contributed by atoms with Gasteiger partial charge in [-0.25, -0.2) is 0 Å². The lowest BCUT2D eigenvalue weighted by atomic mass is 9.98. The fourth-order valence-electron chi connectivity index (χ4n) is 4.69. The lowest BCUT2D eigenvalue weighted by Crippen LogP contribution is -2.25.